The molecule has 1 heterocycles. The second-order valence-electron chi connectivity index (χ2n) is 4.11. The summed E-state index contributed by atoms with van der Waals surface area (Å²) in [6.45, 7) is 3.84. The van der Waals surface area contributed by atoms with E-state index in [4.69, 9.17) is 0 Å². The largest absolute Gasteiger partial charge is 0.385 e. The normalized spacial score (nSPS) is 21.2. The molecule has 1 N–H and O–H groups in total. The van der Waals surface area contributed by atoms with Crippen molar-refractivity contribution in [1.82, 2.24) is 4.98 Å². The van der Waals surface area contributed by atoms with Crippen LogP contribution in [-0.4, -0.2) is 10.1 Å². The molecule has 1 aliphatic carbocycles. The zero-order chi connectivity index (χ0) is 9.47. The van der Waals surface area contributed by atoms with Crippen molar-refractivity contribution in [2.45, 2.75) is 32.3 Å². The molecule has 2 nitrogen and oxygen atoms in total. The van der Waals surface area contributed by atoms with Gasteiger partial charge in [0.15, 0.2) is 0 Å². The smallest absolute Gasteiger partial charge is 0.0911 e. The van der Waals surface area contributed by atoms with Gasteiger partial charge in [-0.1, -0.05) is 6.07 Å². The van der Waals surface area contributed by atoms with Gasteiger partial charge in [-0.2, -0.15) is 0 Å². The van der Waals surface area contributed by atoms with Gasteiger partial charge in [0.25, 0.3) is 0 Å². The van der Waals surface area contributed by atoms with Crippen LogP contribution in [-0.2, 0) is 5.60 Å². The lowest BCUT2D eigenvalue weighted by molar-refractivity contribution is 0.0327. The molecule has 0 aliphatic heterocycles. The summed E-state index contributed by atoms with van der Waals surface area (Å²) in [7, 11) is 0. The van der Waals surface area contributed by atoms with Crippen LogP contribution in [0.3, 0.4) is 0 Å². The summed E-state index contributed by atoms with van der Waals surface area (Å²) >= 11 is 0. The Morgan fingerprint density at radius 2 is 2.15 bits per heavy atom. The van der Waals surface area contributed by atoms with Crippen LogP contribution >= 0.6 is 0 Å². The van der Waals surface area contributed by atoms with Crippen molar-refractivity contribution in [3.63, 3.8) is 0 Å². The Kier molecular flexibility index (Phi) is 1.88. The van der Waals surface area contributed by atoms with Gasteiger partial charge in [-0.25, -0.2) is 0 Å². The molecule has 1 aliphatic rings. The summed E-state index contributed by atoms with van der Waals surface area (Å²) in [5, 5.41) is 10.2. The van der Waals surface area contributed by atoms with Crippen LogP contribution < -0.4 is 0 Å². The second kappa shape index (κ2) is 2.81. The van der Waals surface area contributed by atoms with Crippen LogP contribution in [0.5, 0.6) is 0 Å². The molecule has 0 radical (unpaired) electrons. The minimum absolute atomic E-state index is 0.442. The molecule has 1 aromatic rings. The molecular weight excluding hydrogens is 162 g/mol. The predicted octanol–water partition coefficient (Wildman–Crippen LogP) is 2.01. The highest BCUT2D eigenvalue weighted by Gasteiger charge is 2.41. The first-order chi connectivity index (χ1) is 6.10. The SMILES string of the molecule is Cc1ccc(C(C)(O)C2CC2)cn1. The van der Waals surface area contributed by atoms with Gasteiger partial charge in [-0.15, -0.1) is 0 Å². The van der Waals surface area contributed by atoms with Crippen molar-refractivity contribution in [1.29, 1.82) is 0 Å². The predicted molar refractivity (Wildman–Crippen MR) is 51.3 cm³/mol. The molecule has 1 atom stereocenters. The lowest BCUT2D eigenvalue weighted by Gasteiger charge is -2.22. The van der Waals surface area contributed by atoms with E-state index in [2.05, 4.69) is 4.98 Å². The molecule has 1 unspecified atom stereocenters. The molecule has 2 heteroatoms. The van der Waals surface area contributed by atoms with Crippen molar-refractivity contribution >= 4 is 0 Å². The van der Waals surface area contributed by atoms with Crippen molar-refractivity contribution in [2.75, 3.05) is 0 Å². The number of nitrogens with zero attached hydrogens (tertiary/aromatic N) is 1. The molecule has 0 bridgehead atoms. The number of rotatable bonds is 2. The monoisotopic (exact) mass is 177 g/mol. The molecule has 1 fully saturated rings. The van der Waals surface area contributed by atoms with Crippen LogP contribution in [0.2, 0.25) is 0 Å². The first kappa shape index (κ1) is 8.70. The topological polar surface area (TPSA) is 33.1 Å². The van der Waals surface area contributed by atoms with Crippen LogP contribution in [0.25, 0.3) is 0 Å². The molecule has 2 rings (SSSR count). The summed E-state index contributed by atoms with van der Waals surface area (Å²) in [5.41, 5.74) is 1.27. The Labute approximate surface area is 78.6 Å². The highest BCUT2D eigenvalue weighted by atomic mass is 16.3. The van der Waals surface area contributed by atoms with E-state index in [1.165, 1.54) is 0 Å². The number of aliphatic hydroxyl groups is 1. The maximum Gasteiger partial charge on any atom is 0.0911 e. The quantitative estimate of drug-likeness (QED) is 0.749. The molecule has 0 amide bonds. The van der Waals surface area contributed by atoms with Crippen molar-refractivity contribution in [3.05, 3.63) is 29.6 Å². The standard InChI is InChI=1S/C11H15NO/c1-8-3-4-10(7-12-8)11(2,13)9-5-6-9/h3-4,7,9,13H,5-6H2,1-2H3. The number of aromatic nitrogens is 1. The van der Waals surface area contributed by atoms with E-state index in [9.17, 15) is 5.11 Å². The van der Waals surface area contributed by atoms with E-state index in [0.717, 1.165) is 24.1 Å². The highest BCUT2D eigenvalue weighted by molar-refractivity contribution is 5.22. The number of hydrogen-bond acceptors (Lipinski definition) is 2. The molecule has 70 valence electrons. The lowest BCUT2D eigenvalue weighted by Crippen LogP contribution is -2.23. The Bertz CT molecular complexity index is 298. The summed E-state index contributed by atoms with van der Waals surface area (Å²) < 4.78 is 0. The Hall–Kier alpha value is -0.890. The maximum absolute atomic E-state index is 10.2. The summed E-state index contributed by atoms with van der Waals surface area (Å²) in [5.74, 6) is 0.442. The molecule has 1 aromatic heterocycles. The lowest BCUT2D eigenvalue weighted by atomic mass is 9.92. The van der Waals surface area contributed by atoms with Gasteiger partial charge < -0.3 is 5.11 Å². The minimum Gasteiger partial charge on any atom is -0.385 e. The average molecular weight is 177 g/mol. The number of hydrogen-bond donors (Lipinski definition) is 1. The van der Waals surface area contributed by atoms with Crippen molar-refractivity contribution < 1.29 is 5.11 Å². The zero-order valence-corrected chi connectivity index (χ0v) is 8.12. The maximum atomic E-state index is 10.2. The van der Waals surface area contributed by atoms with Gasteiger partial charge in [0.1, 0.15) is 0 Å². The third kappa shape index (κ3) is 1.59. The Morgan fingerprint density at radius 3 is 2.62 bits per heavy atom. The van der Waals surface area contributed by atoms with E-state index < -0.39 is 5.60 Å². The molecule has 1 saturated carbocycles. The van der Waals surface area contributed by atoms with Crippen LogP contribution in [0.4, 0.5) is 0 Å². The fourth-order valence-corrected chi connectivity index (χ4v) is 1.65. The fraction of sp³-hybridized carbons (Fsp3) is 0.545. The molecule has 13 heavy (non-hydrogen) atoms. The van der Waals surface area contributed by atoms with E-state index >= 15 is 0 Å². The van der Waals surface area contributed by atoms with Gasteiger partial charge in [0.05, 0.1) is 5.60 Å². The zero-order valence-electron chi connectivity index (χ0n) is 8.12. The fourth-order valence-electron chi connectivity index (χ4n) is 1.65. The summed E-state index contributed by atoms with van der Waals surface area (Å²) in [6.07, 6.45) is 4.06. The molecule has 0 aromatic carbocycles. The average Bonchev–Trinajstić information content (AvgIpc) is 2.87. The van der Waals surface area contributed by atoms with Gasteiger partial charge in [0, 0.05) is 17.5 Å². The van der Waals surface area contributed by atoms with E-state index in [-0.39, 0.29) is 0 Å². The van der Waals surface area contributed by atoms with Crippen molar-refractivity contribution in [3.8, 4) is 0 Å². The van der Waals surface area contributed by atoms with Crippen LogP contribution in [0.1, 0.15) is 31.0 Å². The van der Waals surface area contributed by atoms with Gasteiger partial charge in [0.2, 0.25) is 0 Å². The second-order valence-corrected chi connectivity index (χ2v) is 4.11. The molecule has 0 saturated heterocycles. The van der Waals surface area contributed by atoms with Crippen LogP contribution in [0.15, 0.2) is 18.3 Å². The van der Waals surface area contributed by atoms with E-state index in [1.807, 2.05) is 26.0 Å². The minimum atomic E-state index is -0.666. The highest BCUT2D eigenvalue weighted by Crippen LogP contribution is 2.45. The first-order valence-electron chi connectivity index (χ1n) is 4.76. The third-order valence-electron chi connectivity index (χ3n) is 2.87. The van der Waals surface area contributed by atoms with E-state index in [0.29, 0.717) is 5.92 Å². The third-order valence-corrected chi connectivity index (χ3v) is 2.87. The summed E-state index contributed by atoms with van der Waals surface area (Å²) in [6, 6.07) is 3.92. The first-order valence-corrected chi connectivity index (χ1v) is 4.76. The number of pyridine rings is 1. The van der Waals surface area contributed by atoms with Crippen LogP contribution in [0, 0.1) is 12.8 Å². The van der Waals surface area contributed by atoms with Gasteiger partial charge >= 0.3 is 0 Å². The van der Waals surface area contributed by atoms with Gasteiger partial charge in [-0.3, -0.25) is 4.98 Å². The number of aryl methyl sites for hydroxylation is 1. The Morgan fingerprint density at radius 1 is 1.46 bits per heavy atom. The van der Waals surface area contributed by atoms with E-state index in [1.54, 1.807) is 6.20 Å². The Balaban J connectivity index is 2.28. The summed E-state index contributed by atoms with van der Waals surface area (Å²) in [4.78, 5) is 4.20. The van der Waals surface area contributed by atoms with Crippen molar-refractivity contribution in [2.24, 2.45) is 5.92 Å². The molecular formula is C11H15NO. The van der Waals surface area contributed by atoms with Gasteiger partial charge in [-0.05, 0) is 38.7 Å². The molecule has 0 spiro atoms.